The molecule has 2 N–H and O–H groups in total. The van der Waals surface area contributed by atoms with E-state index in [9.17, 15) is 14.4 Å². The minimum Gasteiger partial charge on any atom is -0.369 e. The number of hydrogen-bond donors (Lipinski definition) is 1. The molecule has 0 radical (unpaired) electrons. The molecule has 0 aromatic rings. The van der Waals surface area contributed by atoms with Gasteiger partial charge in [-0.3, -0.25) is 14.4 Å². The second-order valence-corrected chi connectivity index (χ2v) is 15.3. The van der Waals surface area contributed by atoms with Crippen LogP contribution in [0, 0.1) is 5.92 Å². The van der Waals surface area contributed by atoms with Crippen molar-refractivity contribution in [2.24, 2.45) is 11.7 Å². The lowest BCUT2D eigenvalue weighted by Gasteiger charge is -2.11. The zero-order valence-electron chi connectivity index (χ0n) is 32.7. The van der Waals surface area contributed by atoms with Gasteiger partial charge in [-0.25, -0.2) is 0 Å². The lowest BCUT2D eigenvalue weighted by Crippen LogP contribution is -2.34. The van der Waals surface area contributed by atoms with Gasteiger partial charge in [0.1, 0.15) is 5.92 Å². The Bertz CT molecular complexity index is 705. The van der Waals surface area contributed by atoms with Crippen molar-refractivity contribution in [1.29, 1.82) is 0 Å². The molecule has 0 spiro atoms. The van der Waals surface area contributed by atoms with Gasteiger partial charge in [0.05, 0.1) is 0 Å². The molecule has 0 heterocycles. The van der Waals surface area contributed by atoms with E-state index in [-0.39, 0.29) is 6.42 Å². The van der Waals surface area contributed by atoms with Gasteiger partial charge in [0, 0.05) is 6.42 Å². The van der Waals surface area contributed by atoms with Crippen molar-refractivity contribution in [3.05, 3.63) is 0 Å². The predicted molar refractivity (Wildman–Crippen MR) is 209 cm³/mol. The molecule has 4 nitrogen and oxygen atoms in total. The van der Waals surface area contributed by atoms with Crippen molar-refractivity contribution in [2.75, 3.05) is 0 Å². The Morgan fingerprint density at radius 2 is 0.583 bits per heavy atom. The summed E-state index contributed by atoms with van der Waals surface area (Å²) < 4.78 is 0. The maximum atomic E-state index is 12.7. The summed E-state index contributed by atoms with van der Waals surface area (Å²) in [6.45, 7) is 4.56. The molecular weight excluding hydrogens is 590 g/mol. The van der Waals surface area contributed by atoms with Crippen LogP contribution in [0.5, 0.6) is 0 Å². The molecule has 0 saturated heterocycles. The van der Waals surface area contributed by atoms with Gasteiger partial charge in [-0.05, 0) is 12.8 Å². The van der Waals surface area contributed by atoms with Crippen molar-refractivity contribution >= 4 is 17.5 Å². The van der Waals surface area contributed by atoms with Crippen molar-refractivity contribution in [3.8, 4) is 0 Å². The smallest absolute Gasteiger partial charge is 0.228 e. The molecule has 284 valence electrons. The third-order valence-corrected chi connectivity index (χ3v) is 10.5. The predicted octanol–water partition coefficient (Wildman–Crippen LogP) is 14.1. The molecule has 0 aliphatic heterocycles. The molecule has 0 fully saturated rings. The molecule has 0 bridgehead atoms. The van der Waals surface area contributed by atoms with Crippen LogP contribution in [0.4, 0.5) is 0 Å². The summed E-state index contributed by atoms with van der Waals surface area (Å²) in [7, 11) is 0. The number of rotatable bonds is 41. The van der Waals surface area contributed by atoms with E-state index in [1.54, 1.807) is 0 Å². The van der Waals surface area contributed by atoms with E-state index in [1.165, 1.54) is 193 Å². The minimum absolute atomic E-state index is 0.264. The number of hydrogen-bond acceptors (Lipinski definition) is 3. The number of unbranched alkanes of at least 4 members (excludes halogenated alkanes) is 34. The highest BCUT2D eigenvalue weighted by atomic mass is 16.2. The Morgan fingerprint density at radius 3 is 0.833 bits per heavy atom. The summed E-state index contributed by atoms with van der Waals surface area (Å²) in [4.78, 5) is 37.1. The van der Waals surface area contributed by atoms with Crippen LogP contribution in [0.1, 0.15) is 258 Å². The first kappa shape index (κ1) is 46.8. The highest BCUT2D eigenvalue weighted by Crippen LogP contribution is 2.18. The lowest BCUT2D eigenvalue weighted by atomic mass is 9.91. The fraction of sp³-hybridized carbons (Fsp3) is 0.932. The van der Waals surface area contributed by atoms with Crippen LogP contribution in [-0.4, -0.2) is 17.5 Å². The molecule has 0 aliphatic rings. The van der Waals surface area contributed by atoms with Gasteiger partial charge in [-0.2, -0.15) is 0 Å². The maximum Gasteiger partial charge on any atom is 0.228 e. The lowest BCUT2D eigenvalue weighted by molar-refractivity contribution is -0.142. The molecule has 0 saturated carbocycles. The Kier molecular flexibility index (Phi) is 37.7. The molecule has 48 heavy (non-hydrogen) atoms. The molecule has 0 aromatic carbocycles. The summed E-state index contributed by atoms with van der Waals surface area (Å²) in [5, 5.41) is 0. The average Bonchev–Trinajstić information content (AvgIpc) is 3.08. The van der Waals surface area contributed by atoms with E-state index in [0.29, 0.717) is 6.42 Å². The molecule has 1 amide bonds. The van der Waals surface area contributed by atoms with Gasteiger partial charge < -0.3 is 5.73 Å². The first-order valence-corrected chi connectivity index (χ1v) is 21.9. The van der Waals surface area contributed by atoms with Crippen LogP contribution >= 0.6 is 0 Å². The Labute approximate surface area is 300 Å². The largest absolute Gasteiger partial charge is 0.369 e. The Hall–Kier alpha value is -1.19. The highest BCUT2D eigenvalue weighted by molar-refractivity contribution is 6.41. The maximum absolute atomic E-state index is 12.7. The van der Waals surface area contributed by atoms with E-state index in [1.807, 2.05) is 0 Å². The van der Waals surface area contributed by atoms with Gasteiger partial charge in [0.25, 0.3) is 0 Å². The second-order valence-electron chi connectivity index (χ2n) is 15.3. The van der Waals surface area contributed by atoms with Gasteiger partial charge in [-0.1, -0.05) is 239 Å². The monoisotopic (exact) mass is 676 g/mol. The fourth-order valence-corrected chi connectivity index (χ4v) is 7.16. The van der Waals surface area contributed by atoms with E-state index in [2.05, 4.69) is 13.8 Å². The van der Waals surface area contributed by atoms with Crippen molar-refractivity contribution < 1.29 is 14.4 Å². The van der Waals surface area contributed by atoms with E-state index in [4.69, 9.17) is 5.73 Å². The summed E-state index contributed by atoms with van der Waals surface area (Å²) in [5.74, 6) is -2.48. The first-order valence-electron chi connectivity index (χ1n) is 21.9. The fourth-order valence-electron chi connectivity index (χ4n) is 7.16. The number of nitrogens with two attached hydrogens (primary N) is 1. The molecule has 4 heteroatoms. The summed E-state index contributed by atoms with van der Waals surface area (Å²) in [6.07, 6.45) is 47.6. The van der Waals surface area contributed by atoms with Crippen LogP contribution in [0.2, 0.25) is 0 Å². The number of amides is 1. The standard InChI is InChI=1S/C44H85NO3/c1-3-5-7-9-11-13-15-17-19-21-23-25-27-29-31-33-35-37-39-41(44(45)48)43(47)42(46)40-38-36-34-32-30-28-26-24-22-20-18-16-14-12-10-8-6-4-2/h41H,3-40H2,1-2H3,(H2,45,48). The van der Waals surface area contributed by atoms with Crippen molar-refractivity contribution in [1.82, 2.24) is 0 Å². The number of primary amides is 1. The second kappa shape index (κ2) is 38.6. The third-order valence-electron chi connectivity index (χ3n) is 10.5. The number of carbonyl (C=O) groups excluding carboxylic acids is 3. The van der Waals surface area contributed by atoms with Crippen LogP contribution < -0.4 is 5.73 Å². The molecular formula is C44H85NO3. The van der Waals surface area contributed by atoms with Crippen LogP contribution in [0.15, 0.2) is 0 Å². The average molecular weight is 676 g/mol. The van der Waals surface area contributed by atoms with Gasteiger partial charge in [-0.15, -0.1) is 0 Å². The van der Waals surface area contributed by atoms with Crippen LogP contribution in [0.3, 0.4) is 0 Å². The van der Waals surface area contributed by atoms with E-state index >= 15 is 0 Å². The van der Waals surface area contributed by atoms with Gasteiger partial charge >= 0.3 is 0 Å². The van der Waals surface area contributed by atoms with Crippen LogP contribution in [-0.2, 0) is 14.4 Å². The van der Waals surface area contributed by atoms with E-state index in [0.717, 1.165) is 38.5 Å². The molecule has 1 atom stereocenters. The number of Topliss-reactive ketones (excluding diaryl/α,β-unsaturated/α-hetero) is 2. The van der Waals surface area contributed by atoms with E-state index < -0.39 is 23.4 Å². The Morgan fingerprint density at radius 1 is 0.354 bits per heavy atom. The SMILES string of the molecule is CCCCCCCCCCCCCCCCCCCCC(=O)C(=O)C(CCCCCCCCCCCCCCCCCCCC)C(N)=O. The van der Waals surface area contributed by atoms with Gasteiger partial charge in [0.15, 0.2) is 5.78 Å². The van der Waals surface area contributed by atoms with Gasteiger partial charge in [0.2, 0.25) is 11.7 Å². The highest BCUT2D eigenvalue weighted by Gasteiger charge is 2.28. The molecule has 0 aliphatic carbocycles. The summed E-state index contributed by atoms with van der Waals surface area (Å²) in [6, 6.07) is 0. The number of carbonyl (C=O) groups is 3. The van der Waals surface area contributed by atoms with Crippen molar-refractivity contribution in [2.45, 2.75) is 258 Å². The minimum atomic E-state index is -0.922. The van der Waals surface area contributed by atoms with Crippen molar-refractivity contribution in [3.63, 3.8) is 0 Å². The molecule has 1 unspecified atom stereocenters. The summed E-state index contributed by atoms with van der Waals surface area (Å²) in [5.41, 5.74) is 5.54. The summed E-state index contributed by atoms with van der Waals surface area (Å²) >= 11 is 0. The normalized spacial score (nSPS) is 12.0. The zero-order valence-corrected chi connectivity index (χ0v) is 32.7. The Balaban J connectivity index is 3.59. The quantitative estimate of drug-likeness (QED) is 0.0398. The first-order chi connectivity index (χ1) is 23.5. The zero-order chi connectivity index (χ0) is 35.2. The topological polar surface area (TPSA) is 77.2 Å². The third kappa shape index (κ3) is 33.3. The molecule has 0 rings (SSSR count). The van der Waals surface area contributed by atoms with Crippen LogP contribution in [0.25, 0.3) is 0 Å². The number of ketones is 2. The molecule has 0 aromatic heterocycles.